The van der Waals surface area contributed by atoms with Gasteiger partial charge in [-0.1, -0.05) is 26.3 Å². The molecule has 0 aromatic carbocycles. The third-order valence-electron chi connectivity index (χ3n) is 3.36. The lowest BCUT2D eigenvalue weighted by Gasteiger charge is -2.40. The summed E-state index contributed by atoms with van der Waals surface area (Å²) >= 11 is 0. The molecule has 4 atom stereocenters. The van der Waals surface area contributed by atoms with E-state index in [0.29, 0.717) is 0 Å². The molecule has 27 heavy (non-hydrogen) atoms. The monoisotopic (exact) mass is 380 g/mol. The highest BCUT2D eigenvalue weighted by Crippen LogP contribution is 2.25. The summed E-state index contributed by atoms with van der Waals surface area (Å²) in [6.45, 7) is 12.6. The molecule has 146 valence electrons. The van der Waals surface area contributed by atoms with Gasteiger partial charge in [0.05, 0.1) is 6.61 Å². The normalized spacial score (nSPS) is 23.9. The predicted octanol–water partition coefficient (Wildman–Crippen LogP) is 0.408. The number of carbonyl (C=O) groups is 4. The van der Waals surface area contributed by atoms with E-state index in [4.69, 9.17) is 23.7 Å². The van der Waals surface area contributed by atoms with E-state index in [1.54, 1.807) is 0 Å². The molecule has 9 nitrogen and oxygen atoms in total. The van der Waals surface area contributed by atoms with E-state index in [2.05, 4.69) is 26.3 Å². The van der Waals surface area contributed by atoms with E-state index in [1.807, 2.05) is 0 Å². The third-order valence-corrected chi connectivity index (χ3v) is 3.36. The molecule has 1 heterocycles. The Morgan fingerprint density at radius 3 is 1.78 bits per heavy atom. The zero-order valence-electron chi connectivity index (χ0n) is 14.5. The van der Waals surface area contributed by atoms with Crippen LogP contribution in [0.1, 0.15) is 0 Å². The summed E-state index contributed by atoms with van der Waals surface area (Å²) in [5, 5.41) is 0. The highest BCUT2D eigenvalue weighted by Gasteiger charge is 2.47. The van der Waals surface area contributed by atoms with Crippen LogP contribution in [0.5, 0.6) is 0 Å². The largest absolute Gasteiger partial charge is 0.460 e. The maximum Gasteiger partial charge on any atom is 0.330 e. The van der Waals surface area contributed by atoms with Crippen LogP contribution in [-0.2, 0) is 42.9 Å². The summed E-state index contributed by atoms with van der Waals surface area (Å²) in [6, 6.07) is 0. The molecule has 0 bridgehead atoms. The smallest absolute Gasteiger partial charge is 0.330 e. The number of ether oxygens (including phenoxy) is 5. The minimum atomic E-state index is -1.26. The Labute approximate surface area is 155 Å². The SMILES string of the molecule is C=CC(=O)OCC1OC[C@@H](OC(=O)C=C)[C@@H](OC(=O)C=C)C1OC(=O)C=C. The first-order valence-corrected chi connectivity index (χ1v) is 7.76. The molecule has 1 saturated heterocycles. The van der Waals surface area contributed by atoms with Gasteiger partial charge in [-0.3, -0.25) is 0 Å². The van der Waals surface area contributed by atoms with E-state index in [1.165, 1.54) is 0 Å². The molecule has 0 spiro atoms. The lowest BCUT2D eigenvalue weighted by Crippen LogP contribution is -2.58. The third kappa shape index (κ3) is 6.55. The van der Waals surface area contributed by atoms with Gasteiger partial charge in [0.25, 0.3) is 0 Å². The van der Waals surface area contributed by atoms with Gasteiger partial charge in [-0.05, 0) is 0 Å². The zero-order valence-corrected chi connectivity index (χ0v) is 14.5. The Kier molecular flexibility index (Phi) is 8.67. The Morgan fingerprint density at radius 1 is 0.778 bits per heavy atom. The van der Waals surface area contributed by atoms with Crippen LogP contribution in [0.2, 0.25) is 0 Å². The summed E-state index contributed by atoms with van der Waals surface area (Å²) in [5.74, 6) is -3.22. The first kappa shape index (κ1) is 21.8. The lowest BCUT2D eigenvalue weighted by atomic mass is 9.99. The molecule has 1 rings (SSSR count). The van der Waals surface area contributed by atoms with Gasteiger partial charge < -0.3 is 23.7 Å². The van der Waals surface area contributed by atoms with Crippen molar-refractivity contribution in [3.63, 3.8) is 0 Å². The highest BCUT2D eigenvalue weighted by molar-refractivity contribution is 5.83. The van der Waals surface area contributed by atoms with Gasteiger partial charge in [-0.2, -0.15) is 0 Å². The molecule has 0 aromatic rings. The van der Waals surface area contributed by atoms with Gasteiger partial charge in [-0.15, -0.1) is 0 Å². The van der Waals surface area contributed by atoms with Crippen LogP contribution in [-0.4, -0.2) is 61.5 Å². The molecule has 0 N–H and O–H groups in total. The van der Waals surface area contributed by atoms with Gasteiger partial charge >= 0.3 is 23.9 Å². The molecule has 0 aliphatic carbocycles. The van der Waals surface area contributed by atoms with Crippen LogP contribution in [0.3, 0.4) is 0 Å². The van der Waals surface area contributed by atoms with Crippen molar-refractivity contribution in [2.24, 2.45) is 0 Å². The molecule has 0 aromatic heterocycles. The van der Waals surface area contributed by atoms with Crippen LogP contribution >= 0.6 is 0 Å². The van der Waals surface area contributed by atoms with Crippen molar-refractivity contribution in [3.05, 3.63) is 50.6 Å². The predicted molar refractivity (Wildman–Crippen MR) is 91.1 cm³/mol. The average Bonchev–Trinajstić information content (AvgIpc) is 2.68. The minimum absolute atomic E-state index is 0.215. The molecule has 1 aliphatic heterocycles. The molecular formula is C18H20O9. The number of hydrogen-bond acceptors (Lipinski definition) is 9. The fourth-order valence-corrected chi connectivity index (χ4v) is 2.15. The van der Waals surface area contributed by atoms with Crippen LogP contribution in [0.25, 0.3) is 0 Å². The van der Waals surface area contributed by atoms with Crippen molar-refractivity contribution in [1.29, 1.82) is 0 Å². The molecule has 1 fully saturated rings. The fourth-order valence-electron chi connectivity index (χ4n) is 2.15. The second kappa shape index (κ2) is 10.7. The molecule has 1 aliphatic rings. The van der Waals surface area contributed by atoms with Crippen molar-refractivity contribution in [3.8, 4) is 0 Å². The van der Waals surface area contributed by atoms with E-state index in [9.17, 15) is 19.2 Å². The van der Waals surface area contributed by atoms with Gasteiger partial charge in [0.2, 0.25) is 0 Å². The highest BCUT2D eigenvalue weighted by atomic mass is 16.7. The Morgan fingerprint density at radius 2 is 1.26 bits per heavy atom. The summed E-state index contributed by atoms with van der Waals surface area (Å²) < 4.78 is 25.9. The molecular weight excluding hydrogens is 360 g/mol. The first-order chi connectivity index (χ1) is 12.9. The maximum atomic E-state index is 11.7. The molecule has 0 saturated carbocycles. The molecule has 2 unspecified atom stereocenters. The van der Waals surface area contributed by atoms with Gasteiger partial charge in [0.1, 0.15) is 12.7 Å². The maximum absolute atomic E-state index is 11.7. The van der Waals surface area contributed by atoms with Crippen molar-refractivity contribution in [2.45, 2.75) is 24.4 Å². The Balaban J connectivity index is 3.12. The lowest BCUT2D eigenvalue weighted by molar-refractivity contribution is -0.228. The van der Waals surface area contributed by atoms with E-state index in [-0.39, 0.29) is 13.2 Å². The first-order valence-electron chi connectivity index (χ1n) is 7.76. The minimum Gasteiger partial charge on any atom is -0.460 e. The topological polar surface area (TPSA) is 114 Å². The Bertz CT molecular complexity index is 637. The summed E-state index contributed by atoms with van der Waals surface area (Å²) in [6.07, 6.45) is -0.975. The van der Waals surface area contributed by atoms with E-state index < -0.39 is 48.3 Å². The van der Waals surface area contributed by atoms with Crippen LogP contribution in [0.4, 0.5) is 0 Å². The van der Waals surface area contributed by atoms with Gasteiger partial charge in [0.15, 0.2) is 18.3 Å². The van der Waals surface area contributed by atoms with Crippen LogP contribution < -0.4 is 0 Å². The van der Waals surface area contributed by atoms with Gasteiger partial charge in [-0.25, -0.2) is 19.2 Å². The van der Waals surface area contributed by atoms with E-state index >= 15 is 0 Å². The standard InChI is InChI=1S/C18H20O9/c1-5-13(19)24-9-11-17(26-15(21)7-3)18(27-16(22)8-4)12(10-23-11)25-14(20)6-2/h5-8,11-12,17-18H,1-4,9-10H2/t11?,12-,17?,18-/m1/s1. The number of rotatable bonds is 9. The van der Waals surface area contributed by atoms with Crippen molar-refractivity contribution in [2.75, 3.05) is 13.2 Å². The van der Waals surface area contributed by atoms with Crippen molar-refractivity contribution < 1.29 is 42.9 Å². The number of carbonyl (C=O) groups excluding carboxylic acids is 4. The number of hydrogen-bond donors (Lipinski definition) is 0. The summed E-state index contributed by atoms with van der Waals surface area (Å²) in [7, 11) is 0. The van der Waals surface area contributed by atoms with Crippen LogP contribution in [0, 0.1) is 0 Å². The van der Waals surface area contributed by atoms with Crippen molar-refractivity contribution >= 4 is 23.9 Å². The van der Waals surface area contributed by atoms with E-state index in [0.717, 1.165) is 24.3 Å². The molecule has 9 heteroatoms. The number of esters is 4. The zero-order chi connectivity index (χ0) is 20.4. The molecule has 0 amide bonds. The fraction of sp³-hybridized carbons (Fsp3) is 0.333. The summed E-state index contributed by atoms with van der Waals surface area (Å²) in [5.41, 5.74) is 0. The second-order valence-electron chi connectivity index (χ2n) is 5.10. The Hall–Kier alpha value is -3.20. The quantitative estimate of drug-likeness (QED) is 0.319. The summed E-state index contributed by atoms with van der Waals surface area (Å²) in [4.78, 5) is 46.2. The second-order valence-corrected chi connectivity index (χ2v) is 5.10. The molecule has 0 radical (unpaired) electrons. The van der Waals surface area contributed by atoms with Crippen LogP contribution in [0.15, 0.2) is 50.6 Å². The average molecular weight is 380 g/mol. The van der Waals surface area contributed by atoms with Gasteiger partial charge in [0, 0.05) is 24.3 Å². The van der Waals surface area contributed by atoms with Crippen molar-refractivity contribution in [1.82, 2.24) is 0 Å².